The minimum absolute atomic E-state index is 0.0447. The summed E-state index contributed by atoms with van der Waals surface area (Å²) in [5.41, 5.74) is 5.73. The van der Waals surface area contributed by atoms with Gasteiger partial charge in [0.1, 0.15) is 11.4 Å². The van der Waals surface area contributed by atoms with Crippen LogP contribution in [0.2, 0.25) is 0 Å². The van der Waals surface area contributed by atoms with Crippen LogP contribution in [-0.4, -0.2) is 74.1 Å². The van der Waals surface area contributed by atoms with Gasteiger partial charge in [-0.25, -0.2) is 0 Å². The van der Waals surface area contributed by atoms with E-state index in [1.165, 1.54) is 0 Å². The molecule has 4 heterocycles. The van der Waals surface area contributed by atoms with Gasteiger partial charge in [-0.2, -0.15) is 0 Å². The number of benzene rings is 2. The highest BCUT2D eigenvalue weighted by Gasteiger charge is 2.23. The van der Waals surface area contributed by atoms with Gasteiger partial charge in [-0.1, -0.05) is 54.6 Å². The molecule has 3 aromatic heterocycles. The average Bonchev–Trinajstić information content (AvgIpc) is 3.60. The number of anilines is 2. The van der Waals surface area contributed by atoms with E-state index < -0.39 is 6.23 Å². The molecule has 1 fully saturated rings. The maximum atomic E-state index is 13.2. The number of pyridine rings is 1. The van der Waals surface area contributed by atoms with Crippen molar-refractivity contribution < 1.29 is 14.7 Å². The SMILES string of the molecule is CN1CCN(C(=O)c2cc(NC(=O)c3cc(NC(O)c4ccc(/C=C/c5cnc6ccccc6c5)cc4)cn3C)cn2C)CC1. The number of rotatable bonds is 8. The van der Waals surface area contributed by atoms with E-state index >= 15 is 0 Å². The third kappa shape index (κ3) is 6.82. The van der Waals surface area contributed by atoms with E-state index in [1.807, 2.05) is 78.8 Å². The molecule has 0 radical (unpaired) electrons. The number of carbonyl (C=O) groups excluding carboxylic acids is 2. The van der Waals surface area contributed by atoms with Crippen molar-refractivity contribution in [1.29, 1.82) is 0 Å². The highest BCUT2D eigenvalue weighted by atomic mass is 16.3. The fourth-order valence-corrected chi connectivity index (χ4v) is 5.48. The van der Waals surface area contributed by atoms with Crippen molar-refractivity contribution in [3.63, 3.8) is 0 Å². The van der Waals surface area contributed by atoms with Gasteiger partial charge in [0.25, 0.3) is 11.8 Å². The first-order valence-electron chi connectivity index (χ1n) is 14.9. The first-order valence-corrected chi connectivity index (χ1v) is 14.9. The molecule has 0 bridgehead atoms. The summed E-state index contributed by atoms with van der Waals surface area (Å²) in [7, 11) is 5.62. The Morgan fingerprint density at radius 1 is 0.822 bits per heavy atom. The maximum Gasteiger partial charge on any atom is 0.272 e. The molecule has 1 aliphatic heterocycles. The fourth-order valence-electron chi connectivity index (χ4n) is 5.48. The predicted molar refractivity (Wildman–Crippen MR) is 178 cm³/mol. The fraction of sp³-hybridized carbons (Fsp3) is 0.229. The number of aromatic nitrogens is 3. The molecule has 0 aliphatic carbocycles. The molecular weight excluding hydrogens is 566 g/mol. The molecule has 45 heavy (non-hydrogen) atoms. The van der Waals surface area contributed by atoms with Gasteiger partial charge in [-0.15, -0.1) is 0 Å². The number of carbonyl (C=O) groups is 2. The zero-order valence-corrected chi connectivity index (χ0v) is 25.6. The smallest absolute Gasteiger partial charge is 0.272 e. The summed E-state index contributed by atoms with van der Waals surface area (Å²) in [4.78, 5) is 34.8. The normalized spacial score (nSPS) is 14.6. The van der Waals surface area contributed by atoms with Crippen molar-refractivity contribution in [2.75, 3.05) is 43.9 Å². The van der Waals surface area contributed by atoms with E-state index in [0.29, 0.717) is 41.4 Å². The third-order valence-electron chi connectivity index (χ3n) is 8.15. The lowest BCUT2D eigenvalue weighted by atomic mass is 10.1. The number of aliphatic hydroxyl groups is 1. The largest absolute Gasteiger partial charge is 0.369 e. The van der Waals surface area contributed by atoms with Crippen LogP contribution in [-0.2, 0) is 14.1 Å². The predicted octanol–water partition coefficient (Wildman–Crippen LogP) is 4.83. The van der Waals surface area contributed by atoms with Crippen LogP contribution in [0.5, 0.6) is 0 Å². The van der Waals surface area contributed by atoms with Gasteiger partial charge in [0.15, 0.2) is 6.23 Å². The second-order valence-electron chi connectivity index (χ2n) is 11.5. The summed E-state index contributed by atoms with van der Waals surface area (Å²) in [5, 5.41) is 17.9. The van der Waals surface area contributed by atoms with E-state index in [4.69, 9.17) is 0 Å². The van der Waals surface area contributed by atoms with Crippen molar-refractivity contribution in [2.45, 2.75) is 6.23 Å². The molecule has 1 unspecified atom stereocenters. The first kappa shape index (κ1) is 29.9. The van der Waals surface area contributed by atoms with Gasteiger partial charge in [0.2, 0.25) is 0 Å². The Hall–Kier alpha value is -5.19. The molecule has 6 rings (SSSR count). The van der Waals surface area contributed by atoms with Gasteiger partial charge < -0.3 is 34.7 Å². The number of aryl methyl sites for hydroxylation is 2. The van der Waals surface area contributed by atoms with Gasteiger partial charge in [-0.3, -0.25) is 14.6 Å². The number of likely N-dealkylation sites (N-methyl/N-ethyl adjacent to an activating group) is 1. The van der Waals surface area contributed by atoms with Crippen molar-refractivity contribution in [1.82, 2.24) is 23.9 Å². The molecule has 10 nitrogen and oxygen atoms in total. The van der Waals surface area contributed by atoms with Crippen LogP contribution in [0.1, 0.15) is 43.9 Å². The molecule has 0 spiro atoms. The summed E-state index contributed by atoms with van der Waals surface area (Å²) in [6, 6.07) is 21.1. The maximum absolute atomic E-state index is 13.2. The monoisotopic (exact) mass is 603 g/mol. The van der Waals surface area contributed by atoms with Crippen LogP contribution in [0.3, 0.4) is 0 Å². The number of amides is 2. The van der Waals surface area contributed by atoms with Crippen molar-refractivity contribution in [3.8, 4) is 0 Å². The van der Waals surface area contributed by atoms with E-state index in [2.05, 4.69) is 26.6 Å². The van der Waals surface area contributed by atoms with Gasteiger partial charge >= 0.3 is 0 Å². The van der Waals surface area contributed by atoms with Crippen LogP contribution in [0.25, 0.3) is 23.1 Å². The van der Waals surface area contributed by atoms with Crippen LogP contribution in [0, 0.1) is 0 Å². The number of para-hydroxylation sites is 1. The first-order chi connectivity index (χ1) is 21.7. The Balaban J connectivity index is 1.06. The number of nitrogens with one attached hydrogen (secondary N) is 2. The number of fused-ring (bicyclic) bond motifs is 1. The van der Waals surface area contributed by atoms with E-state index in [1.54, 1.807) is 47.8 Å². The second kappa shape index (κ2) is 12.8. The Kier molecular flexibility index (Phi) is 8.50. The molecule has 1 atom stereocenters. The van der Waals surface area contributed by atoms with Crippen LogP contribution in [0.4, 0.5) is 11.4 Å². The standard InChI is InChI=1S/C35H37N7O3/c1-39-14-16-42(17-15-39)35(45)32-20-29(23-41(32)3)38-34(44)31-19-28(22-40(31)2)37-33(43)26-12-10-24(11-13-26)8-9-25-18-27-6-4-5-7-30(27)36-21-25/h4-13,18-23,33,37,43H,14-17H2,1-3H3,(H,38,44)/b9-8+. The Morgan fingerprint density at radius 2 is 1.49 bits per heavy atom. The number of aliphatic hydroxyl groups excluding tert-OH is 1. The molecule has 2 amide bonds. The Labute approximate surface area is 262 Å². The van der Waals surface area contributed by atoms with Gasteiger partial charge in [0, 0.05) is 69.8 Å². The topological polar surface area (TPSA) is 108 Å². The number of hydrogen-bond acceptors (Lipinski definition) is 6. The van der Waals surface area contributed by atoms with Crippen molar-refractivity contribution >= 4 is 46.2 Å². The van der Waals surface area contributed by atoms with Gasteiger partial charge in [0.05, 0.1) is 16.9 Å². The van der Waals surface area contributed by atoms with Gasteiger partial charge in [-0.05, 0) is 42.4 Å². The summed E-state index contributed by atoms with van der Waals surface area (Å²) >= 11 is 0. The lowest BCUT2D eigenvalue weighted by Gasteiger charge is -2.32. The summed E-state index contributed by atoms with van der Waals surface area (Å²) in [6.45, 7) is 3.04. The van der Waals surface area contributed by atoms with E-state index in [-0.39, 0.29) is 11.8 Å². The van der Waals surface area contributed by atoms with E-state index in [0.717, 1.165) is 35.1 Å². The molecule has 5 aromatic rings. The highest BCUT2D eigenvalue weighted by molar-refractivity contribution is 6.05. The van der Waals surface area contributed by atoms with Crippen molar-refractivity contribution in [2.24, 2.45) is 14.1 Å². The van der Waals surface area contributed by atoms with Crippen molar-refractivity contribution in [3.05, 3.63) is 113 Å². The molecule has 230 valence electrons. The summed E-state index contributed by atoms with van der Waals surface area (Å²) in [5.74, 6) is -0.362. The van der Waals surface area contributed by atoms with Crippen LogP contribution in [0.15, 0.2) is 85.3 Å². The second-order valence-corrected chi connectivity index (χ2v) is 11.5. The molecule has 1 aliphatic rings. The molecular formula is C35H37N7O3. The molecule has 2 aromatic carbocycles. The quantitative estimate of drug-likeness (QED) is 0.220. The molecule has 1 saturated heterocycles. The van der Waals surface area contributed by atoms with E-state index in [9.17, 15) is 14.7 Å². The number of nitrogens with zero attached hydrogens (tertiary/aromatic N) is 5. The summed E-state index contributed by atoms with van der Waals surface area (Å²) in [6.07, 6.45) is 8.40. The minimum Gasteiger partial charge on any atom is -0.369 e. The number of hydrogen-bond donors (Lipinski definition) is 3. The average molecular weight is 604 g/mol. The number of piperazine rings is 1. The Morgan fingerprint density at radius 3 is 2.27 bits per heavy atom. The zero-order chi connectivity index (χ0) is 31.5. The lowest BCUT2D eigenvalue weighted by molar-refractivity contribution is 0.0654. The highest BCUT2D eigenvalue weighted by Crippen LogP contribution is 2.23. The molecule has 10 heteroatoms. The Bertz CT molecular complexity index is 1860. The summed E-state index contributed by atoms with van der Waals surface area (Å²) < 4.78 is 3.44. The van der Waals surface area contributed by atoms with Crippen LogP contribution >= 0.6 is 0 Å². The lowest BCUT2D eigenvalue weighted by Crippen LogP contribution is -2.47. The van der Waals surface area contributed by atoms with Crippen LogP contribution < -0.4 is 10.6 Å². The molecule has 0 saturated carbocycles. The zero-order valence-electron chi connectivity index (χ0n) is 25.6. The third-order valence-corrected chi connectivity index (χ3v) is 8.15. The minimum atomic E-state index is -0.969. The molecule has 3 N–H and O–H groups in total.